The molecule has 0 unspecified atom stereocenters. The number of rotatable bonds is 9. The van der Waals surface area contributed by atoms with Crippen LogP contribution >= 0.6 is 0 Å². The summed E-state index contributed by atoms with van der Waals surface area (Å²) in [6, 6.07) is 14.1. The van der Waals surface area contributed by atoms with Crippen LogP contribution < -0.4 is 5.56 Å². The Kier molecular flexibility index (Phi) is 8.55. The lowest BCUT2D eigenvalue weighted by Gasteiger charge is -2.39. The van der Waals surface area contributed by atoms with Gasteiger partial charge in [-0.25, -0.2) is 8.91 Å². The minimum atomic E-state index is -0.918. The Morgan fingerprint density at radius 3 is 2.58 bits per heavy atom. The molecule has 0 spiro atoms. The standard InChI is InChI=1S/C34H40FN5O3/c1-6-9-30-28(18-24-13-12-23(19-29(24)35)27-11-8-7-10-25(27)20-36)31(41)39(32-37-22(2)38-40(30)32)26-14-16-34(5,17-15-26)43-21-33(3,4)42/h7-8,10-13,19,26,42H,6,9,14-18,21H2,1-5H3/t26-,34-. The molecule has 1 aliphatic rings. The molecule has 8 nitrogen and oxygen atoms in total. The predicted octanol–water partition coefficient (Wildman–Crippen LogP) is 6.08. The number of aromatic nitrogens is 4. The van der Waals surface area contributed by atoms with Crippen LogP contribution in [0.5, 0.6) is 0 Å². The molecular formula is C34H40FN5O3. The van der Waals surface area contributed by atoms with Crippen molar-refractivity contribution in [3.63, 3.8) is 0 Å². The summed E-state index contributed by atoms with van der Waals surface area (Å²) in [5.74, 6) is 0.666. The first-order valence-electron chi connectivity index (χ1n) is 15.1. The van der Waals surface area contributed by atoms with Crippen molar-refractivity contribution in [2.45, 2.75) is 96.8 Å². The third-order valence-electron chi connectivity index (χ3n) is 8.41. The molecule has 1 fully saturated rings. The van der Waals surface area contributed by atoms with Crippen LogP contribution in [0.15, 0.2) is 47.3 Å². The lowest BCUT2D eigenvalue weighted by atomic mass is 9.83. The highest BCUT2D eigenvalue weighted by Gasteiger charge is 2.36. The van der Waals surface area contributed by atoms with Crippen molar-refractivity contribution in [2.75, 3.05) is 6.61 Å². The summed E-state index contributed by atoms with van der Waals surface area (Å²) in [6.07, 6.45) is 4.38. The maximum atomic E-state index is 15.7. The van der Waals surface area contributed by atoms with Crippen LogP contribution in [0.1, 0.15) is 94.0 Å². The first kappa shape index (κ1) is 30.6. The van der Waals surface area contributed by atoms with E-state index >= 15 is 4.39 Å². The van der Waals surface area contributed by atoms with E-state index in [4.69, 9.17) is 4.74 Å². The highest BCUT2D eigenvalue weighted by atomic mass is 19.1. The third kappa shape index (κ3) is 6.41. The average Bonchev–Trinajstić information content (AvgIpc) is 3.36. The number of aliphatic hydroxyl groups is 1. The van der Waals surface area contributed by atoms with Gasteiger partial charge in [-0.05, 0) is 88.6 Å². The smallest absolute Gasteiger partial charge is 0.259 e. The number of fused-ring (bicyclic) bond motifs is 1. The number of ether oxygens (including phenoxy) is 1. The zero-order chi connectivity index (χ0) is 30.9. The Balaban J connectivity index is 1.53. The maximum absolute atomic E-state index is 15.7. The fourth-order valence-corrected chi connectivity index (χ4v) is 6.08. The van der Waals surface area contributed by atoms with Gasteiger partial charge in [-0.3, -0.25) is 9.36 Å². The number of benzene rings is 2. The summed E-state index contributed by atoms with van der Waals surface area (Å²) < 4.78 is 25.3. The second-order valence-electron chi connectivity index (χ2n) is 12.6. The molecule has 0 amide bonds. The Morgan fingerprint density at radius 1 is 1.21 bits per heavy atom. The van der Waals surface area contributed by atoms with E-state index in [1.165, 1.54) is 6.07 Å². The monoisotopic (exact) mass is 585 g/mol. The number of hydrogen-bond donors (Lipinski definition) is 1. The first-order chi connectivity index (χ1) is 20.4. The van der Waals surface area contributed by atoms with Crippen molar-refractivity contribution < 1.29 is 14.2 Å². The summed E-state index contributed by atoms with van der Waals surface area (Å²) >= 11 is 0. The molecule has 0 radical (unpaired) electrons. The van der Waals surface area contributed by atoms with Gasteiger partial charge in [-0.15, -0.1) is 0 Å². The lowest BCUT2D eigenvalue weighted by Crippen LogP contribution is -2.41. The van der Waals surface area contributed by atoms with E-state index in [9.17, 15) is 15.2 Å². The summed E-state index contributed by atoms with van der Waals surface area (Å²) in [7, 11) is 0. The predicted molar refractivity (Wildman–Crippen MR) is 163 cm³/mol. The molecule has 1 saturated carbocycles. The van der Waals surface area contributed by atoms with Crippen molar-refractivity contribution in [3.05, 3.63) is 86.8 Å². The van der Waals surface area contributed by atoms with Gasteiger partial charge in [0.05, 0.1) is 35.1 Å². The zero-order valence-corrected chi connectivity index (χ0v) is 25.7. The molecule has 2 aromatic carbocycles. The van der Waals surface area contributed by atoms with Gasteiger partial charge < -0.3 is 9.84 Å². The normalized spacial score (nSPS) is 19.1. The average molecular weight is 586 g/mol. The Morgan fingerprint density at radius 2 is 1.93 bits per heavy atom. The topological polar surface area (TPSA) is 105 Å². The molecule has 0 bridgehead atoms. The van der Waals surface area contributed by atoms with Crippen LogP contribution in [0.3, 0.4) is 0 Å². The zero-order valence-electron chi connectivity index (χ0n) is 25.7. The van der Waals surface area contributed by atoms with E-state index in [2.05, 4.69) is 23.1 Å². The molecule has 9 heteroatoms. The van der Waals surface area contributed by atoms with E-state index in [0.717, 1.165) is 25.0 Å². The van der Waals surface area contributed by atoms with Crippen molar-refractivity contribution >= 4 is 5.78 Å². The van der Waals surface area contributed by atoms with Crippen LogP contribution in [0, 0.1) is 24.1 Å². The second-order valence-corrected chi connectivity index (χ2v) is 12.6. The minimum absolute atomic E-state index is 0.110. The Hall–Kier alpha value is -3.87. The molecule has 0 saturated heterocycles. The van der Waals surface area contributed by atoms with Crippen LogP contribution in [0.25, 0.3) is 16.9 Å². The molecule has 226 valence electrons. The van der Waals surface area contributed by atoms with Gasteiger partial charge in [-0.2, -0.15) is 15.3 Å². The number of nitriles is 1. The van der Waals surface area contributed by atoms with Crippen molar-refractivity contribution in [1.29, 1.82) is 5.26 Å². The van der Waals surface area contributed by atoms with Crippen LogP contribution in [0.2, 0.25) is 0 Å². The fraction of sp³-hybridized carbons (Fsp3) is 0.471. The molecule has 0 aliphatic heterocycles. The molecule has 43 heavy (non-hydrogen) atoms. The van der Waals surface area contributed by atoms with Gasteiger partial charge in [0.2, 0.25) is 5.78 Å². The van der Waals surface area contributed by atoms with Crippen LogP contribution in [0.4, 0.5) is 4.39 Å². The van der Waals surface area contributed by atoms with Gasteiger partial charge in [0, 0.05) is 18.0 Å². The summed E-state index contributed by atoms with van der Waals surface area (Å²) in [5, 5.41) is 24.3. The maximum Gasteiger partial charge on any atom is 0.259 e. The largest absolute Gasteiger partial charge is 0.388 e. The lowest BCUT2D eigenvalue weighted by molar-refractivity contribution is -0.117. The molecular weight excluding hydrogens is 545 g/mol. The summed E-state index contributed by atoms with van der Waals surface area (Å²) in [6.45, 7) is 9.62. The van der Waals surface area contributed by atoms with Gasteiger partial charge in [0.1, 0.15) is 11.6 Å². The van der Waals surface area contributed by atoms with Crippen LogP contribution in [-0.4, -0.2) is 42.1 Å². The highest BCUT2D eigenvalue weighted by molar-refractivity contribution is 5.70. The number of aryl methyl sites for hydroxylation is 2. The van der Waals surface area contributed by atoms with E-state index in [0.29, 0.717) is 58.7 Å². The third-order valence-corrected chi connectivity index (χ3v) is 8.41. The van der Waals surface area contributed by atoms with Crippen molar-refractivity contribution in [3.8, 4) is 17.2 Å². The van der Waals surface area contributed by atoms with Gasteiger partial charge in [-0.1, -0.05) is 43.7 Å². The summed E-state index contributed by atoms with van der Waals surface area (Å²) in [5.41, 5.74) is 1.98. The summed E-state index contributed by atoms with van der Waals surface area (Å²) in [4.78, 5) is 19.0. The van der Waals surface area contributed by atoms with Gasteiger partial charge >= 0.3 is 0 Å². The first-order valence-corrected chi connectivity index (χ1v) is 15.1. The second kappa shape index (κ2) is 12.0. The van der Waals surface area contributed by atoms with Crippen molar-refractivity contribution in [2.24, 2.45) is 0 Å². The molecule has 1 N–H and O–H groups in total. The van der Waals surface area contributed by atoms with E-state index < -0.39 is 11.4 Å². The molecule has 5 rings (SSSR count). The van der Waals surface area contributed by atoms with E-state index in [1.807, 2.05) is 19.9 Å². The van der Waals surface area contributed by atoms with E-state index in [-0.39, 0.29) is 30.2 Å². The Bertz CT molecular complexity index is 1740. The van der Waals surface area contributed by atoms with Gasteiger partial charge in [0.15, 0.2) is 0 Å². The van der Waals surface area contributed by atoms with Gasteiger partial charge in [0.25, 0.3) is 5.56 Å². The number of hydrogen-bond acceptors (Lipinski definition) is 6. The SMILES string of the molecule is CCCc1c(Cc2ccc(-c3ccccc3C#N)cc2F)c(=O)n([C@H]2CC[C@](C)(OCC(C)(C)O)CC2)c2nc(C)nn12. The van der Waals surface area contributed by atoms with Crippen LogP contribution in [-0.2, 0) is 17.6 Å². The fourth-order valence-electron chi connectivity index (χ4n) is 6.08. The number of nitrogens with zero attached hydrogens (tertiary/aromatic N) is 5. The minimum Gasteiger partial charge on any atom is -0.388 e. The molecule has 1 aliphatic carbocycles. The molecule has 0 atom stereocenters. The quantitative estimate of drug-likeness (QED) is 0.255. The highest BCUT2D eigenvalue weighted by Crippen LogP contribution is 2.38. The Labute approximate surface area is 251 Å². The van der Waals surface area contributed by atoms with E-state index in [1.54, 1.807) is 53.3 Å². The number of halogens is 1. The molecule has 2 heterocycles. The van der Waals surface area contributed by atoms with Crippen molar-refractivity contribution in [1.82, 2.24) is 19.2 Å². The molecule has 2 aromatic heterocycles. The molecule has 4 aromatic rings.